The Bertz CT molecular complexity index is 1590. The highest BCUT2D eigenvalue weighted by molar-refractivity contribution is 6.39. The van der Waals surface area contributed by atoms with Crippen LogP contribution in [-0.2, 0) is 16.1 Å². The van der Waals surface area contributed by atoms with E-state index in [1.807, 2.05) is 49.4 Å². The normalized spacial score (nSPS) is 16.2. The molecule has 3 heterocycles. The summed E-state index contributed by atoms with van der Waals surface area (Å²) < 4.78 is 12.9. The molecular weight excluding hydrogens is 458 g/mol. The second kappa shape index (κ2) is 8.42. The molecule has 1 saturated heterocycles. The maximum absolute atomic E-state index is 13.5. The van der Waals surface area contributed by atoms with Gasteiger partial charge in [0.05, 0.1) is 5.69 Å². The minimum atomic E-state index is -0.816. The zero-order valence-electron chi connectivity index (χ0n) is 19.4. The lowest BCUT2D eigenvalue weighted by molar-refractivity contribution is -0.122. The maximum Gasteiger partial charge on any atom is 0.335 e. The van der Waals surface area contributed by atoms with Crippen molar-refractivity contribution < 1.29 is 23.9 Å². The number of urea groups is 1. The van der Waals surface area contributed by atoms with Crippen molar-refractivity contribution >= 4 is 40.5 Å². The number of imide groups is 2. The Labute approximate surface area is 206 Å². The Morgan fingerprint density at radius 2 is 1.67 bits per heavy atom. The van der Waals surface area contributed by atoms with E-state index in [0.717, 1.165) is 32.6 Å². The number of carbonyl (C=O) groups is 3. The molecule has 0 aliphatic carbocycles. The first-order valence-corrected chi connectivity index (χ1v) is 11.4. The zero-order chi connectivity index (χ0) is 24.8. The maximum atomic E-state index is 13.5. The molecule has 1 N–H and O–H groups in total. The lowest BCUT2D eigenvalue weighted by atomic mass is 10.0. The van der Waals surface area contributed by atoms with Crippen LogP contribution in [0.15, 0.2) is 78.4 Å². The molecule has 0 bridgehead atoms. The fraction of sp³-hybridized carbons (Fsp3) is 0.107. The molecule has 178 valence electrons. The number of hydrogen-bond acceptors (Lipinski definition) is 5. The summed E-state index contributed by atoms with van der Waals surface area (Å²) in [6.07, 6.45) is 1.57. The first-order chi connectivity index (χ1) is 17.5. The second-order valence-corrected chi connectivity index (χ2v) is 8.58. The number of aromatic nitrogens is 1. The Balaban J connectivity index is 1.44. The van der Waals surface area contributed by atoms with Gasteiger partial charge in [0.25, 0.3) is 11.8 Å². The van der Waals surface area contributed by atoms with Crippen LogP contribution in [0.4, 0.5) is 10.5 Å². The molecule has 0 atom stereocenters. The minimum absolute atomic E-state index is 0.0644. The van der Waals surface area contributed by atoms with E-state index in [1.165, 1.54) is 0 Å². The van der Waals surface area contributed by atoms with Gasteiger partial charge in [0, 0.05) is 34.8 Å². The highest BCUT2D eigenvalue weighted by atomic mass is 16.7. The van der Waals surface area contributed by atoms with Gasteiger partial charge in [-0.1, -0.05) is 48.5 Å². The summed E-state index contributed by atoms with van der Waals surface area (Å²) in [6, 6.07) is 21.8. The quantitative estimate of drug-likeness (QED) is 0.346. The molecular formula is C28H21N3O5. The third-order valence-corrected chi connectivity index (χ3v) is 6.47. The number of nitrogens with one attached hydrogen (secondary N) is 1. The van der Waals surface area contributed by atoms with Crippen molar-refractivity contribution in [1.82, 2.24) is 9.88 Å². The van der Waals surface area contributed by atoms with Gasteiger partial charge in [0.1, 0.15) is 5.57 Å². The number of fused-ring (bicyclic) bond motifs is 2. The standard InChI is InChI=1S/C28H21N3O5/c1-17-21(20-9-5-6-10-23(20)30(17)15-18-7-3-2-4-8-18)14-22-26(32)29-28(34)31(27(22)33)19-11-12-24-25(13-19)36-16-35-24/h2-14H,15-16H2,1H3,(H,29,32,34)/b22-14+. The first-order valence-electron chi connectivity index (χ1n) is 11.4. The third-order valence-electron chi connectivity index (χ3n) is 6.47. The van der Waals surface area contributed by atoms with E-state index in [0.29, 0.717) is 18.0 Å². The summed E-state index contributed by atoms with van der Waals surface area (Å²) in [7, 11) is 0. The zero-order valence-corrected chi connectivity index (χ0v) is 19.4. The van der Waals surface area contributed by atoms with E-state index in [9.17, 15) is 14.4 Å². The third kappa shape index (κ3) is 3.51. The van der Waals surface area contributed by atoms with Gasteiger partial charge in [-0.25, -0.2) is 9.69 Å². The molecule has 4 amide bonds. The molecule has 8 heteroatoms. The topological polar surface area (TPSA) is 89.9 Å². The van der Waals surface area contributed by atoms with Gasteiger partial charge in [0.15, 0.2) is 11.5 Å². The summed E-state index contributed by atoms with van der Waals surface area (Å²) in [5, 5.41) is 3.20. The molecule has 1 aromatic heterocycles. The van der Waals surface area contributed by atoms with E-state index in [1.54, 1.807) is 24.3 Å². The molecule has 2 aliphatic rings. The Morgan fingerprint density at radius 3 is 2.50 bits per heavy atom. The summed E-state index contributed by atoms with van der Waals surface area (Å²) in [5.74, 6) is -0.490. The Kier molecular flexibility index (Phi) is 5.07. The number of carbonyl (C=O) groups excluding carboxylic acids is 3. The van der Waals surface area contributed by atoms with Gasteiger partial charge < -0.3 is 14.0 Å². The number of hydrogen-bond donors (Lipinski definition) is 1. The van der Waals surface area contributed by atoms with E-state index in [2.05, 4.69) is 22.0 Å². The monoisotopic (exact) mass is 479 g/mol. The number of nitrogens with zero attached hydrogens (tertiary/aromatic N) is 2. The number of ether oxygens (including phenoxy) is 2. The van der Waals surface area contributed by atoms with Crippen LogP contribution >= 0.6 is 0 Å². The van der Waals surface area contributed by atoms with Crippen molar-refractivity contribution in [3.05, 3.63) is 95.2 Å². The van der Waals surface area contributed by atoms with Gasteiger partial charge in [-0.2, -0.15) is 0 Å². The van der Waals surface area contributed by atoms with Gasteiger partial charge in [-0.3, -0.25) is 14.9 Å². The largest absolute Gasteiger partial charge is 0.454 e. The van der Waals surface area contributed by atoms with Crippen molar-refractivity contribution in [2.45, 2.75) is 13.5 Å². The van der Waals surface area contributed by atoms with Crippen molar-refractivity contribution in [2.24, 2.45) is 0 Å². The average molecular weight is 479 g/mol. The highest BCUT2D eigenvalue weighted by Crippen LogP contribution is 2.37. The molecule has 0 unspecified atom stereocenters. The summed E-state index contributed by atoms with van der Waals surface area (Å²) in [5.41, 5.74) is 3.92. The summed E-state index contributed by atoms with van der Waals surface area (Å²) in [6.45, 7) is 2.66. The van der Waals surface area contributed by atoms with Crippen LogP contribution < -0.4 is 19.7 Å². The van der Waals surface area contributed by atoms with E-state index >= 15 is 0 Å². The molecule has 0 radical (unpaired) electrons. The molecule has 4 aromatic rings. The molecule has 0 saturated carbocycles. The molecule has 36 heavy (non-hydrogen) atoms. The molecule has 1 fully saturated rings. The van der Waals surface area contributed by atoms with Crippen molar-refractivity contribution in [3.8, 4) is 11.5 Å². The van der Waals surface area contributed by atoms with Crippen LogP contribution in [0.2, 0.25) is 0 Å². The molecule has 2 aliphatic heterocycles. The van der Waals surface area contributed by atoms with Gasteiger partial charge >= 0.3 is 6.03 Å². The lowest BCUT2D eigenvalue weighted by Crippen LogP contribution is -2.54. The minimum Gasteiger partial charge on any atom is -0.454 e. The van der Waals surface area contributed by atoms with Crippen LogP contribution in [-0.4, -0.2) is 29.2 Å². The molecule has 0 spiro atoms. The first kappa shape index (κ1) is 21.7. The number of amides is 4. The van der Waals surface area contributed by atoms with Gasteiger partial charge in [-0.15, -0.1) is 0 Å². The predicted molar refractivity (Wildman–Crippen MR) is 134 cm³/mol. The van der Waals surface area contributed by atoms with Gasteiger partial charge in [-0.05, 0) is 36.8 Å². The second-order valence-electron chi connectivity index (χ2n) is 8.58. The van der Waals surface area contributed by atoms with Crippen molar-refractivity contribution in [1.29, 1.82) is 0 Å². The van der Waals surface area contributed by atoms with Crippen LogP contribution in [0.25, 0.3) is 17.0 Å². The fourth-order valence-corrected chi connectivity index (χ4v) is 4.67. The lowest BCUT2D eigenvalue weighted by Gasteiger charge is -2.26. The number of barbiturate groups is 1. The van der Waals surface area contributed by atoms with E-state index in [-0.39, 0.29) is 18.1 Å². The van der Waals surface area contributed by atoms with Gasteiger partial charge in [0.2, 0.25) is 6.79 Å². The van der Waals surface area contributed by atoms with Crippen LogP contribution in [0.5, 0.6) is 11.5 Å². The van der Waals surface area contributed by atoms with Crippen molar-refractivity contribution in [2.75, 3.05) is 11.7 Å². The smallest absolute Gasteiger partial charge is 0.335 e. The van der Waals surface area contributed by atoms with Crippen LogP contribution in [0.1, 0.15) is 16.8 Å². The summed E-state index contributed by atoms with van der Waals surface area (Å²) in [4.78, 5) is 39.9. The Hall–Kier alpha value is -4.85. The molecule has 6 rings (SSSR count). The number of anilines is 1. The van der Waals surface area contributed by atoms with Crippen LogP contribution in [0.3, 0.4) is 0 Å². The van der Waals surface area contributed by atoms with Crippen molar-refractivity contribution in [3.63, 3.8) is 0 Å². The number of para-hydroxylation sites is 1. The number of benzene rings is 3. The average Bonchev–Trinajstić information content (AvgIpc) is 3.45. The summed E-state index contributed by atoms with van der Waals surface area (Å²) >= 11 is 0. The van der Waals surface area contributed by atoms with E-state index in [4.69, 9.17) is 9.47 Å². The van der Waals surface area contributed by atoms with E-state index < -0.39 is 17.8 Å². The van der Waals surface area contributed by atoms with Crippen LogP contribution in [0, 0.1) is 6.92 Å². The Morgan fingerprint density at radius 1 is 0.917 bits per heavy atom. The fourth-order valence-electron chi connectivity index (χ4n) is 4.67. The molecule has 8 nitrogen and oxygen atoms in total. The molecule has 3 aromatic carbocycles. The SMILES string of the molecule is Cc1c(/C=C2\C(=O)NC(=O)N(c3ccc4c(c3)OCO4)C2=O)c2ccccc2n1Cc1ccccc1. The predicted octanol–water partition coefficient (Wildman–Crippen LogP) is 4.39. The highest BCUT2D eigenvalue weighted by Gasteiger charge is 2.37. The number of rotatable bonds is 4.